The Morgan fingerprint density at radius 1 is 0.885 bits per heavy atom. The van der Waals surface area contributed by atoms with Crippen molar-refractivity contribution >= 4 is 27.5 Å². The molecule has 0 amide bonds. The number of para-hydroxylation sites is 1. The van der Waals surface area contributed by atoms with Gasteiger partial charge >= 0.3 is 0 Å². The van der Waals surface area contributed by atoms with Gasteiger partial charge in [0.2, 0.25) is 0 Å². The smallest absolute Gasteiger partial charge is 0.271 e. The molecule has 0 aliphatic rings. The van der Waals surface area contributed by atoms with Crippen LogP contribution in [0.2, 0.25) is 0 Å². The van der Waals surface area contributed by atoms with Gasteiger partial charge in [-0.05, 0) is 30.3 Å². The van der Waals surface area contributed by atoms with E-state index >= 15 is 0 Å². The van der Waals surface area contributed by atoms with E-state index in [2.05, 4.69) is 4.98 Å². The van der Waals surface area contributed by atoms with Gasteiger partial charge in [0.1, 0.15) is 17.2 Å². The lowest BCUT2D eigenvalue weighted by Gasteiger charge is -2.13. The fourth-order valence-corrected chi connectivity index (χ4v) is 2.83. The van der Waals surface area contributed by atoms with Crippen LogP contribution in [0.1, 0.15) is 0 Å². The number of ether oxygens (including phenoxy) is 2. The molecule has 6 nitrogen and oxygen atoms in total. The number of aromatic nitrogens is 1. The number of nitro benzene ring substituents is 1. The molecule has 6 heteroatoms. The molecule has 0 unspecified atom stereocenters. The van der Waals surface area contributed by atoms with Crippen molar-refractivity contribution in [1.29, 1.82) is 0 Å². The maximum atomic E-state index is 11.1. The van der Waals surface area contributed by atoms with Gasteiger partial charge in [-0.2, -0.15) is 0 Å². The highest BCUT2D eigenvalue weighted by Gasteiger charge is 2.15. The molecule has 0 saturated heterocycles. The molecule has 3 aromatic carbocycles. The van der Waals surface area contributed by atoms with E-state index in [0.29, 0.717) is 33.7 Å². The molecule has 1 aromatic heterocycles. The van der Waals surface area contributed by atoms with Crippen LogP contribution in [0.15, 0.2) is 66.7 Å². The first kappa shape index (κ1) is 15.8. The summed E-state index contributed by atoms with van der Waals surface area (Å²) in [6, 6.07) is 19.4. The largest absolute Gasteiger partial charge is 0.497 e. The highest BCUT2D eigenvalue weighted by Crippen LogP contribution is 2.38. The van der Waals surface area contributed by atoms with Crippen LogP contribution in [0, 0.1) is 10.1 Å². The molecule has 0 N–H and O–H groups in total. The normalized spacial score (nSPS) is 10.8. The number of pyridine rings is 1. The molecular formula is C20H14N2O4. The summed E-state index contributed by atoms with van der Waals surface area (Å²) in [5, 5.41) is 12.6. The molecule has 4 aromatic rings. The number of nitro groups is 1. The zero-order chi connectivity index (χ0) is 18.1. The average molecular weight is 346 g/mol. The second-order valence-corrected chi connectivity index (χ2v) is 5.70. The fraction of sp³-hybridized carbons (Fsp3) is 0.0500. The maximum Gasteiger partial charge on any atom is 0.271 e. The Morgan fingerprint density at radius 2 is 1.58 bits per heavy atom. The van der Waals surface area contributed by atoms with Gasteiger partial charge in [0.25, 0.3) is 5.69 Å². The van der Waals surface area contributed by atoms with Gasteiger partial charge in [0.05, 0.1) is 23.1 Å². The summed E-state index contributed by atoms with van der Waals surface area (Å²) < 4.78 is 11.4. The highest BCUT2D eigenvalue weighted by molar-refractivity contribution is 6.02. The molecule has 128 valence electrons. The van der Waals surface area contributed by atoms with Crippen LogP contribution in [-0.2, 0) is 0 Å². The minimum atomic E-state index is -0.436. The molecule has 4 rings (SSSR count). The standard InChI is InChI=1S/C20H14N2O4/c1-25-15-8-10-17-19(12-15)21-18-11-13(22(23)24)7-9-16(18)20(17)26-14-5-3-2-4-6-14/h2-12H,1H3. The second-order valence-electron chi connectivity index (χ2n) is 5.70. The van der Waals surface area contributed by atoms with Crippen LogP contribution >= 0.6 is 0 Å². The van der Waals surface area contributed by atoms with E-state index in [0.717, 1.165) is 5.39 Å². The van der Waals surface area contributed by atoms with Crippen molar-refractivity contribution in [2.45, 2.75) is 0 Å². The van der Waals surface area contributed by atoms with Crippen LogP contribution in [0.4, 0.5) is 5.69 Å². The Labute approximate surface area is 148 Å². The van der Waals surface area contributed by atoms with Crippen molar-refractivity contribution in [3.63, 3.8) is 0 Å². The van der Waals surface area contributed by atoms with E-state index < -0.39 is 4.92 Å². The monoisotopic (exact) mass is 346 g/mol. The Balaban J connectivity index is 2.01. The summed E-state index contributed by atoms with van der Waals surface area (Å²) in [7, 11) is 1.58. The second kappa shape index (κ2) is 6.33. The Morgan fingerprint density at radius 3 is 2.27 bits per heavy atom. The first-order chi connectivity index (χ1) is 12.7. The molecule has 0 atom stereocenters. The number of hydrogen-bond donors (Lipinski definition) is 0. The van der Waals surface area contributed by atoms with Gasteiger partial charge in [-0.15, -0.1) is 0 Å². The zero-order valence-electron chi connectivity index (χ0n) is 13.9. The number of benzene rings is 3. The van der Waals surface area contributed by atoms with Gasteiger partial charge in [-0.3, -0.25) is 10.1 Å². The van der Waals surface area contributed by atoms with E-state index in [1.807, 2.05) is 42.5 Å². The first-order valence-corrected chi connectivity index (χ1v) is 7.94. The Bertz CT molecular complexity index is 1130. The molecular weight excluding hydrogens is 332 g/mol. The van der Waals surface area contributed by atoms with E-state index in [1.54, 1.807) is 19.2 Å². The zero-order valence-corrected chi connectivity index (χ0v) is 13.9. The third kappa shape index (κ3) is 2.77. The molecule has 0 radical (unpaired) electrons. The number of non-ortho nitro benzene ring substituents is 1. The van der Waals surface area contributed by atoms with E-state index in [4.69, 9.17) is 9.47 Å². The SMILES string of the molecule is COc1ccc2c(Oc3ccccc3)c3ccc([N+](=O)[O-])cc3nc2c1. The van der Waals surface area contributed by atoms with Crippen molar-refractivity contribution in [2.75, 3.05) is 7.11 Å². The predicted octanol–water partition coefficient (Wildman–Crippen LogP) is 5.10. The number of hydrogen-bond acceptors (Lipinski definition) is 5. The van der Waals surface area contributed by atoms with E-state index in [-0.39, 0.29) is 5.69 Å². The van der Waals surface area contributed by atoms with Crippen molar-refractivity contribution in [1.82, 2.24) is 4.98 Å². The molecule has 0 bridgehead atoms. The van der Waals surface area contributed by atoms with Gasteiger partial charge < -0.3 is 9.47 Å². The van der Waals surface area contributed by atoms with Crippen molar-refractivity contribution in [3.8, 4) is 17.2 Å². The number of nitrogens with zero attached hydrogens (tertiary/aromatic N) is 2. The average Bonchev–Trinajstić information content (AvgIpc) is 2.67. The van der Waals surface area contributed by atoms with Gasteiger partial charge in [-0.1, -0.05) is 18.2 Å². The van der Waals surface area contributed by atoms with Crippen LogP contribution in [0.3, 0.4) is 0 Å². The van der Waals surface area contributed by atoms with Crippen molar-refractivity contribution in [3.05, 3.63) is 76.8 Å². The maximum absolute atomic E-state index is 11.1. The minimum absolute atomic E-state index is 0.0158. The Hall–Kier alpha value is -3.67. The molecule has 26 heavy (non-hydrogen) atoms. The summed E-state index contributed by atoms with van der Waals surface area (Å²) in [6.45, 7) is 0. The van der Waals surface area contributed by atoms with Gasteiger partial charge in [0.15, 0.2) is 0 Å². The summed E-state index contributed by atoms with van der Waals surface area (Å²) in [4.78, 5) is 15.2. The lowest BCUT2D eigenvalue weighted by atomic mass is 10.1. The molecule has 0 aliphatic heterocycles. The summed E-state index contributed by atoms with van der Waals surface area (Å²) >= 11 is 0. The molecule has 0 spiro atoms. The lowest BCUT2D eigenvalue weighted by molar-refractivity contribution is -0.384. The van der Waals surface area contributed by atoms with Crippen LogP contribution in [0.25, 0.3) is 21.8 Å². The number of fused-ring (bicyclic) bond motifs is 2. The molecule has 1 heterocycles. The number of rotatable bonds is 4. The minimum Gasteiger partial charge on any atom is -0.497 e. The lowest BCUT2D eigenvalue weighted by Crippen LogP contribution is -1.94. The fourth-order valence-electron chi connectivity index (χ4n) is 2.83. The molecule has 0 saturated carbocycles. The van der Waals surface area contributed by atoms with E-state index in [9.17, 15) is 10.1 Å². The summed E-state index contributed by atoms with van der Waals surface area (Å²) in [5.74, 6) is 1.93. The molecule has 0 aliphatic carbocycles. The van der Waals surface area contributed by atoms with Crippen LogP contribution < -0.4 is 9.47 Å². The number of methoxy groups -OCH3 is 1. The topological polar surface area (TPSA) is 74.5 Å². The van der Waals surface area contributed by atoms with Gasteiger partial charge in [-0.25, -0.2) is 4.98 Å². The predicted molar refractivity (Wildman–Crippen MR) is 99.0 cm³/mol. The van der Waals surface area contributed by atoms with Gasteiger partial charge in [0, 0.05) is 29.0 Å². The van der Waals surface area contributed by atoms with Crippen LogP contribution in [0.5, 0.6) is 17.2 Å². The van der Waals surface area contributed by atoms with E-state index in [1.165, 1.54) is 12.1 Å². The quantitative estimate of drug-likeness (QED) is 0.292. The van der Waals surface area contributed by atoms with Crippen LogP contribution in [-0.4, -0.2) is 17.0 Å². The third-order valence-electron chi connectivity index (χ3n) is 4.09. The summed E-state index contributed by atoms with van der Waals surface area (Å²) in [6.07, 6.45) is 0. The third-order valence-corrected chi connectivity index (χ3v) is 4.09. The van der Waals surface area contributed by atoms with Crippen molar-refractivity contribution < 1.29 is 14.4 Å². The molecule has 0 fully saturated rings. The summed E-state index contributed by atoms with van der Waals surface area (Å²) in [5.41, 5.74) is 1.12. The first-order valence-electron chi connectivity index (χ1n) is 7.94. The van der Waals surface area contributed by atoms with Crippen molar-refractivity contribution in [2.24, 2.45) is 0 Å². The Kier molecular flexibility index (Phi) is 3.85. The highest BCUT2D eigenvalue weighted by atomic mass is 16.6.